The van der Waals surface area contributed by atoms with Crippen LogP contribution in [-0.2, 0) is 9.53 Å². The summed E-state index contributed by atoms with van der Waals surface area (Å²) < 4.78 is 30.5. The minimum atomic E-state index is -1.13. The lowest BCUT2D eigenvalue weighted by atomic mass is 10.2. The van der Waals surface area contributed by atoms with E-state index in [1.165, 1.54) is 0 Å². The van der Waals surface area contributed by atoms with Crippen molar-refractivity contribution in [3.8, 4) is 0 Å². The largest absolute Gasteiger partial charge is 0.452 e. The predicted octanol–water partition coefficient (Wildman–Crippen LogP) is 1.60. The summed E-state index contributed by atoms with van der Waals surface area (Å²) in [6.45, 7) is 3.37. The number of imide groups is 1. The van der Waals surface area contributed by atoms with Crippen molar-refractivity contribution in [2.45, 2.75) is 13.8 Å². The molecule has 2 N–H and O–H groups in total. The second-order valence-electron chi connectivity index (χ2n) is 4.85. The number of benzene rings is 1. The van der Waals surface area contributed by atoms with Crippen LogP contribution >= 0.6 is 0 Å². The molecule has 0 aromatic heterocycles. The van der Waals surface area contributed by atoms with Crippen LogP contribution in [0.4, 0.5) is 13.6 Å². The molecule has 0 heterocycles. The molecule has 0 atom stereocenters. The minimum absolute atomic E-state index is 0.208. The smallest absolute Gasteiger partial charge is 0.341 e. The van der Waals surface area contributed by atoms with E-state index in [2.05, 4.69) is 10.1 Å². The van der Waals surface area contributed by atoms with Crippen molar-refractivity contribution in [1.29, 1.82) is 0 Å². The fourth-order valence-corrected chi connectivity index (χ4v) is 1.37. The SMILES string of the molecule is CC(C)CNC(=O)NC(=O)COC(=O)c1ccc(F)cc1F. The number of halogens is 2. The molecule has 0 spiro atoms. The van der Waals surface area contributed by atoms with E-state index in [4.69, 9.17) is 0 Å². The summed E-state index contributed by atoms with van der Waals surface area (Å²) in [6.07, 6.45) is 0. The maximum Gasteiger partial charge on any atom is 0.341 e. The van der Waals surface area contributed by atoms with Crippen LogP contribution in [-0.4, -0.2) is 31.1 Å². The summed E-state index contributed by atoms with van der Waals surface area (Å²) in [7, 11) is 0. The van der Waals surface area contributed by atoms with Crippen LogP contribution in [0.3, 0.4) is 0 Å². The molecule has 120 valence electrons. The van der Waals surface area contributed by atoms with Gasteiger partial charge in [0.25, 0.3) is 5.91 Å². The van der Waals surface area contributed by atoms with Gasteiger partial charge in [-0.15, -0.1) is 0 Å². The molecule has 1 aromatic rings. The van der Waals surface area contributed by atoms with Crippen molar-refractivity contribution in [3.63, 3.8) is 0 Å². The van der Waals surface area contributed by atoms with E-state index in [0.29, 0.717) is 12.6 Å². The third-order valence-corrected chi connectivity index (χ3v) is 2.41. The Morgan fingerprint density at radius 2 is 1.91 bits per heavy atom. The maximum absolute atomic E-state index is 13.3. The maximum atomic E-state index is 13.3. The van der Waals surface area contributed by atoms with E-state index in [-0.39, 0.29) is 5.92 Å². The van der Waals surface area contributed by atoms with Crippen LogP contribution in [0.25, 0.3) is 0 Å². The van der Waals surface area contributed by atoms with E-state index in [9.17, 15) is 23.2 Å². The molecule has 8 heteroatoms. The Labute approximate surface area is 125 Å². The summed E-state index contributed by atoms with van der Waals surface area (Å²) in [4.78, 5) is 34.2. The Kier molecular flexibility index (Phi) is 6.43. The Morgan fingerprint density at radius 3 is 2.50 bits per heavy atom. The number of nitrogens with one attached hydrogen (secondary N) is 2. The number of amides is 3. The minimum Gasteiger partial charge on any atom is -0.452 e. The van der Waals surface area contributed by atoms with Crippen LogP contribution in [0.5, 0.6) is 0 Å². The highest BCUT2D eigenvalue weighted by molar-refractivity contribution is 5.97. The Hall–Kier alpha value is -2.51. The molecule has 1 aromatic carbocycles. The molecule has 0 saturated carbocycles. The van der Waals surface area contributed by atoms with Gasteiger partial charge in [0.1, 0.15) is 11.6 Å². The molecule has 1 rings (SSSR count). The zero-order valence-corrected chi connectivity index (χ0v) is 12.1. The normalized spacial score (nSPS) is 10.2. The summed E-state index contributed by atoms with van der Waals surface area (Å²) in [6, 6.07) is 1.60. The van der Waals surface area contributed by atoms with E-state index >= 15 is 0 Å². The van der Waals surface area contributed by atoms with Crippen molar-refractivity contribution in [3.05, 3.63) is 35.4 Å². The average Bonchev–Trinajstić information content (AvgIpc) is 2.42. The Balaban J connectivity index is 2.43. The third kappa shape index (κ3) is 5.86. The lowest BCUT2D eigenvalue weighted by Crippen LogP contribution is -2.42. The zero-order valence-electron chi connectivity index (χ0n) is 12.1. The number of carbonyl (C=O) groups is 3. The molecule has 0 radical (unpaired) electrons. The molecule has 0 aliphatic heterocycles. The number of esters is 1. The van der Waals surface area contributed by atoms with Gasteiger partial charge in [0.2, 0.25) is 0 Å². The average molecular weight is 314 g/mol. The summed E-state index contributed by atoms with van der Waals surface area (Å²) in [5.74, 6) is -3.72. The number of carbonyl (C=O) groups excluding carboxylic acids is 3. The third-order valence-electron chi connectivity index (χ3n) is 2.41. The van der Waals surface area contributed by atoms with Gasteiger partial charge in [-0.05, 0) is 18.1 Å². The van der Waals surface area contributed by atoms with E-state index in [1.54, 1.807) is 0 Å². The fourth-order valence-electron chi connectivity index (χ4n) is 1.37. The fraction of sp³-hybridized carbons (Fsp3) is 0.357. The van der Waals surface area contributed by atoms with Crippen LogP contribution in [0.2, 0.25) is 0 Å². The van der Waals surface area contributed by atoms with Gasteiger partial charge >= 0.3 is 12.0 Å². The van der Waals surface area contributed by atoms with Crippen LogP contribution in [0.15, 0.2) is 18.2 Å². The highest BCUT2D eigenvalue weighted by Gasteiger charge is 2.16. The number of urea groups is 1. The molecular weight excluding hydrogens is 298 g/mol. The van der Waals surface area contributed by atoms with E-state index < -0.39 is 41.7 Å². The molecule has 0 bridgehead atoms. The molecule has 6 nitrogen and oxygen atoms in total. The van der Waals surface area contributed by atoms with Crippen LogP contribution < -0.4 is 10.6 Å². The van der Waals surface area contributed by atoms with Crippen molar-refractivity contribution in [1.82, 2.24) is 10.6 Å². The van der Waals surface area contributed by atoms with Gasteiger partial charge < -0.3 is 10.1 Å². The van der Waals surface area contributed by atoms with Gasteiger partial charge in [0.05, 0.1) is 5.56 Å². The topological polar surface area (TPSA) is 84.5 Å². The number of hydrogen-bond acceptors (Lipinski definition) is 4. The monoisotopic (exact) mass is 314 g/mol. The highest BCUT2D eigenvalue weighted by Crippen LogP contribution is 2.10. The molecule has 0 saturated heterocycles. The lowest BCUT2D eigenvalue weighted by Gasteiger charge is -2.09. The zero-order chi connectivity index (χ0) is 16.7. The Bertz CT molecular complexity index is 576. The van der Waals surface area contributed by atoms with Crippen LogP contribution in [0.1, 0.15) is 24.2 Å². The molecule has 22 heavy (non-hydrogen) atoms. The van der Waals surface area contributed by atoms with Crippen molar-refractivity contribution < 1.29 is 27.9 Å². The first-order chi connectivity index (χ1) is 10.3. The summed E-state index contributed by atoms with van der Waals surface area (Å²) >= 11 is 0. The number of ether oxygens (including phenoxy) is 1. The molecular formula is C14H16F2N2O4. The van der Waals surface area contributed by atoms with Gasteiger partial charge in [-0.3, -0.25) is 10.1 Å². The van der Waals surface area contributed by atoms with Gasteiger partial charge in [-0.1, -0.05) is 13.8 Å². The summed E-state index contributed by atoms with van der Waals surface area (Å²) in [5, 5.41) is 4.38. The predicted molar refractivity (Wildman–Crippen MR) is 73.0 cm³/mol. The van der Waals surface area contributed by atoms with Gasteiger partial charge in [-0.2, -0.15) is 0 Å². The van der Waals surface area contributed by atoms with E-state index in [1.807, 2.05) is 19.2 Å². The van der Waals surface area contributed by atoms with Gasteiger partial charge in [0.15, 0.2) is 6.61 Å². The van der Waals surface area contributed by atoms with Crippen molar-refractivity contribution in [2.75, 3.05) is 13.2 Å². The quantitative estimate of drug-likeness (QED) is 0.809. The number of hydrogen-bond donors (Lipinski definition) is 2. The van der Waals surface area contributed by atoms with Crippen LogP contribution in [0, 0.1) is 17.6 Å². The molecule has 0 aliphatic rings. The standard InChI is InChI=1S/C14H16F2N2O4/c1-8(2)6-17-14(21)18-12(19)7-22-13(20)10-4-3-9(15)5-11(10)16/h3-5,8H,6-7H2,1-2H3,(H2,17,18,19,21). The van der Waals surface area contributed by atoms with E-state index in [0.717, 1.165) is 12.1 Å². The van der Waals surface area contributed by atoms with Gasteiger partial charge in [0, 0.05) is 12.6 Å². The first kappa shape index (κ1) is 17.5. The highest BCUT2D eigenvalue weighted by atomic mass is 19.1. The Morgan fingerprint density at radius 1 is 1.23 bits per heavy atom. The molecule has 3 amide bonds. The summed E-state index contributed by atoms with van der Waals surface area (Å²) in [5.41, 5.74) is -0.501. The first-order valence-electron chi connectivity index (χ1n) is 6.49. The lowest BCUT2D eigenvalue weighted by molar-refractivity contribution is -0.123. The molecule has 0 aliphatic carbocycles. The first-order valence-corrected chi connectivity index (χ1v) is 6.49. The molecule has 0 unspecified atom stereocenters. The van der Waals surface area contributed by atoms with Crippen molar-refractivity contribution >= 4 is 17.9 Å². The second kappa shape index (κ2) is 8.06. The second-order valence-corrected chi connectivity index (χ2v) is 4.85. The van der Waals surface area contributed by atoms with Crippen molar-refractivity contribution in [2.24, 2.45) is 5.92 Å². The number of rotatable bonds is 5. The molecule has 0 fully saturated rings. The van der Waals surface area contributed by atoms with Gasteiger partial charge in [-0.25, -0.2) is 18.4 Å².